The van der Waals surface area contributed by atoms with E-state index >= 15 is 0 Å². The highest BCUT2D eigenvalue weighted by Crippen LogP contribution is 2.15. The van der Waals surface area contributed by atoms with Gasteiger partial charge in [0.25, 0.3) is 5.91 Å². The Hall–Kier alpha value is -3.68. The molecule has 8 heteroatoms. The molecule has 0 unspecified atom stereocenters. The molecule has 0 aliphatic heterocycles. The van der Waals surface area contributed by atoms with Crippen LogP contribution in [0.1, 0.15) is 36.5 Å². The van der Waals surface area contributed by atoms with Gasteiger partial charge in [-0.15, -0.1) is 0 Å². The van der Waals surface area contributed by atoms with Gasteiger partial charge in [-0.1, -0.05) is 31.5 Å². The summed E-state index contributed by atoms with van der Waals surface area (Å²) in [5, 5.41) is 9.08. The fraction of sp³-hybridized carbons (Fsp3) is 0.304. The second-order valence-corrected chi connectivity index (χ2v) is 7.02. The standard InChI is InChI=1S/C23H28N4O4/c1-4-5-11-24-22(29)23(30)27-25-14-18-7-6-8-20(13-18)31-15-21(28)26-19-10-9-16(2)17(3)12-19/h6-10,12-14H,4-5,11,15H2,1-3H3,(H,24,29)(H,26,28)(H,27,30)/b25-14-. The average molecular weight is 425 g/mol. The summed E-state index contributed by atoms with van der Waals surface area (Å²) < 4.78 is 5.53. The zero-order valence-electron chi connectivity index (χ0n) is 18.0. The van der Waals surface area contributed by atoms with Crippen molar-refractivity contribution in [2.75, 3.05) is 18.5 Å². The van der Waals surface area contributed by atoms with Gasteiger partial charge >= 0.3 is 11.8 Å². The third kappa shape index (κ3) is 8.30. The fourth-order valence-electron chi connectivity index (χ4n) is 2.52. The highest BCUT2D eigenvalue weighted by atomic mass is 16.5. The SMILES string of the molecule is CCCCNC(=O)C(=O)N/N=C\c1cccc(OCC(=O)Nc2ccc(C)c(C)c2)c1. The van der Waals surface area contributed by atoms with Crippen LogP contribution in [0.25, 0.3) is 0 Å². The van der Waals surface area contributed by atoms with E-state index < -0.39 is 11.8 Å². The lowest BCUT2D eigenvalue weighted by Gasteiger charge is -2.09. The number of hydrogen-bond acceptors (Lipinski definition) is 5. The van der Waals surface area contributed by atoms with Crippen LogP contribution in [0.3, 0.4) is 0 Å². The van der Waals surface area contributed by atoms with Gasteiger partial charge in [-0.2, -0.15) is 5.10 Å². The van der Waals surface area contributed by atoms with E-state index in [1.54, 1.807) is 24.3 Å². The van der Waals surface area contributed by atoms with E-state index in [1.807, 2.05) is 39.0 Å². The van der Waals surface area contributed by atoms with Crippen LogP contribution >= 0.6 is 0 Å². The number of aryl methyl sites for hydroxylation is 2. The van der Waals surface area contributed by atoms with Crippen LogP contribution in [0.5, 0.6) is 5.75 Å². The predicted octanol–water partition coefficient (Wildman–Crippen LogP) is 2.69. The molecular weight excluding hydrogens is 396 g/mol. The van der Waals surface area contributed by atoms with Crippen LogP contribution < -0.4 is 20.8 Å². The fourth-order valence-corrected chi connectivity index (χ4v) is 2.52. The first-order valence-electron chi connectivity index (χ1n) is 10.1. The Morgan fingerprint density at radius 3 is 2.58 bits per heavy atom. The van der Waals surface area contributed by atoms with Crippen molar-refractivity contribution in [2.24, 2.45) is 5.10 Å². The van der Waals surface area contributed by atoms with E-state index in [1.165, 1.54) is 6.21 Å². The van der Waals surface area contributed by atoms with Gasteiger partial charge in [0.05, 0.1) is 6.21 Å². The molecule has 0 radical (unpaired) electrons. The number of amides is 3. The van der Waals surface area contributed by atoms with Crippen LogP contribution in [0, 0.1) is 13.8 Å². The van der Waals surface area contributed by atoms with E-state index in [0.29, 0.717) is 23.5 Å². The first-order chi connectivity index (χ1) is 14.9. The Morgan fingerprint density at radius 1 is 1.03 bits per heavy atom. The van der Waals surface area contributed by atoms with Gasteiger partial charge in [0.15, 0.2) is 6.61 Å². The normalized spacial score (nSPS) is 10.5. The Kier molecular flexibility index (Phi) is 9.22. The number of benzene rings is 2. The molecule has 3 N–H and O–H groups in total. The molecule has 0 saturated heterocycles. The minimum Gasteiger partial charge on any atom is -0.484 e. The zero-order valence-corrected chi connectivity index (χ0v) is 18.0. The van der Waals surface area contributed by atoms with Gasteiger partial charge in [-0.3, -0.25) is 14.4 Å². The Labute approximate surface area is 182 Å². The van der Waals surface area contributed by atoms with Crippen LogP contribution in [0.15, 0.2) is 47.6 Å². The first kappa shape index (κ1) is 23.6. The van der Waals surface area contributed by atoms with Crippen LogP contribution in [0.2, 0.25) is 0 Å². The van der Waals surface area contributed by atoms with Crippen molar-refractivity contribution in [3.63, 3.8) is 0 Å². The summed E-state index contributed by atoms with van der Waals surface area (Å²) >= 11 is 0. The van der Waals surface area contributed by atoms with Crippen molar-refractivity contribution >= 4 is 29.6 Å². The number of anilines is 1. The smallest absolute Gasteiger partial charge is 0.329 e. The van der Waals surface area contributed by atoms with E-state index in [4.69, 9.17) is 4.74 Å². The Morgan fingerprint density at radius 2 is 1.84 bits per heavy atom. The largest absolute Gasteiger partial charge is 0.484 e. The maximum absolute atomic E-state index is 12.1. The molecule has 0 aliphatic rings. The number of hydrogen-bond donors (Lipinski definition) is 3. The minimum atomic E-state index is -0.831. The van der Waals surface area contributed by atoms with E-state index in [9.17, 15) is 14.4 Å². The van der Waals surface area contributed by atoms with Gasteiger partial charge < -0.3 is 15.4 Å². The molecule has 0 aliphatic carbocycles. The summed E-state index contributed by atoms with van der Waals surface area (Å²) in [6.07, 6.45) is 3.11. The second kappa shape index (κ2) is 12.1. The number of ether oxygens (including phenoxy) is 1. The van der Waals surface area contributed by atoms with Crippen LogP contribution in [-0.4, -0.2) is 37.1 Å². The first-order valence-corrected chi connectivity index (χ1v) is 10.1. The number of nitrogens with one attached hydrogen (secondary N) is 3. The lowest BCUT2D eigenvalue weighted by atomic mass is 10.1. The zero-order chi connectivity index (χ0) is 22.6. The van der Waals surface area contributed by atoms with Gasteiger partial charge in [-0.25, -0.2) is 5.43 Å². The molecule has 0 spiro atoms. The van der Waals surface area contributed by atoms with E-state index in [0.717, 1.165) is 24.0 Å². The molecule has 164 valence electrons. The summed E-state index contributed by atoms with van der Waals surface area (Å²) in [6, 6.07) is 12.6. The average Bonchev–Trinajstić information content (AvgIpc) is 2.75. The molecule has 0 heterocycles. The third-order valence-corrected chi connectivity index (χ3v) is 4.42. The highest BCUT2D eigenvalue weighted by Gasteiger charge is 2.11. The summed E-state index contributed by atoms with van der Waals surface area (Å²) in [6.45, 7) is 6.28. The number of nitrogens with zero attached hydrogens (tertiary/aromatic N) is 1. The topological polar surface area (TPSA) is 109 Å². The third-order valence-electron chi connectivity index (χ3n) is 4.42. The maximum Gasteiger partial charge on any atom is 0.329 e. The molecule has 2 rings (SSSR count). The van der Waals surface area contributed by atoms with Gasteiger partial charge in [0, 0.05) is 12.2 Å². The molecule has 0 fully saturated rings. The molecule has 2 aromatic carbocycles. The second-order valence-electron chi connectivity index (χ2n) is 7.02. The molecule has 0 aromatic heterocycles. The monoisotopic (exact) mass is 424 g/mol. The molecule has 0 atom stereocenters. The quantitative estimate of drug-likeness (QED) is 0.249. The van der Waals surface area contributed by atoms with Crippen molar-refractivity contribution in [1.82, 2.24) is 10.7 Å². The highest BCUT2D eigenvalue weighted by molar-refractivity contribution is 6.35. The van der Waals surface area contributed by atoms with Gasteiger partial charge in [0.1, 0.15) is 5.75 Å². The van der Waals surface area contributed by atoms with Crippen molar-refractivity contribution in [3.05, 3.63) is 59.2 Å². The Bertz CT molecular complexity index is 956. The number of unbranched alkanes of at least 4 members (excludes halogenated alkanes) is 1. The molecule has 0 saturated carbocycles. The van der Waals surface area contributed by atoms with Crippen molar-refractivity contribution in [2.45, 2.75) is 33.6 Å². The van der Waals surface area contributed by atoms with Crippen LogP contribution in [-0.2, 0) is 14.4 Å². The lowest BCUT2D eigenvalue weighted by Crippen LogP contribution is -2.38. The summed E-state index contributed by atoms with van der Waals surface area (Å²) in [7, 11) is 0. The molecule has 31 heavy (non-hydrogen) atoms. The van der Waals surface area contributed by atoms with E-state index in [2.05, 4.69) is 21.2 Å². The van der Waals surface area contributed by atoms with Crippen LogP contribution in [0.4, 0.5) is 5.69 Å². The Balaban J connectivity index is 1.82. The number of carbonyl (C=O) groups excluding carboxylic acids is 3. The number of rotatable bonds is 9. The molecule has 2 aromatic rings. The number of carbonyl (C=O) groups is 3. The van der Waals surface area contributed by atoms with E-state index in [-0.39, 0.29) is 12.5 Å². The predicted molar refractivity (Wildman–Crippen MR) is 120 cm³/mol. The summed E-state index contributed by atoms with van der Waals surface area (Å²) in [4.78, 5) is 35.4. The van der Waals surface area contributed by atoms with Crippen molar-refractivity contribution in [1.29, 1.82) is 0 Å². The molecule has 3 amide bonds. The molecular formula is C23H28N4O4. The van der Waals surface area contributed by atoms with Crippen molar-refractivity contribution < 1.29 is 19.1 Å². The van der Waals surface area contributed by atoms with Gasteiger partial charge in [-0.05, 0) is 61.2 Å². The molecule has 8 nitrogen and oxygen atoms in total. The number of hydrazone groups is 1. The van der Waals surface area contributed by atoms with Gasteiger partial charge in [0.2, 0.25) is 0 Å². The minimum absolute atomic E-state index is 0.151. The lowest BCUT2D eigenvalue weighted by molar-refractivity contribution is -0.139. The van der Waals surface area contributed by atoms with Crippen molar-refractivity contribution in [3.8, 4) is 5.75 Å². The molecule has 0 bridgehead atoms. The summed E-state index contributed by atoms with van der Waals surface area (Å²) in [5.41, 5.74) is 5.78. The summed E-state index contributed by atoms with van der Waals surface area (Å²) in [5.74, 6) is -1.35. The maximum atomic E-state index is 12.1.